The molecular formula is C17H22N2O2. The van der Waals surface area contributed by atoms with E-state index in [9.17, 15) is 9.59 Å². The van der Waals surface area contributed by atoms with Gasteiger partial charge in [-0.3, -0.25) is 9.59 Å². The van der Waals surface area contributed by atoms with Gasteiger partial charge in [-0.15, -0.1) is 0 Å². The van der Waals surface area contributed by atoms with Gasteiger partial charge in [0.1, 0.15) is 6.04 Å². The number of rotatable bonds is 4. The van der Waals surface area contributed by atoms with Crippen LogP contribution >= 0.6 is 0 Å². The molecule has 1 aliphatic carbocycles. The first-order valence-corrected chi connectivity index (χ1v) is 7.90. The number of carbonyl (C=O) groups excluding carboxylic acids is 2. The van der Waals surface area contributed by atoms with E-state index >= 15 is 0 Å². The zero-order chi connectivity index (χ0) is 15.0. The lowest BCUT2D eigenvalue weighted by molar-refractivity contribution is -0.121. The highest BCUT2D eigenvalue weighted by molar-refractivity contribution is 6.11. The van der Waals surface area contributed by atoms with E-state index < -0.39 is 0 Å². The molecule has 0 radical (unpaired) electrons. The summed E-state index contributed by atoms with van der Waals surface area (Å²) in [5.41, 5.74) is 1.37. The molecule has 4 heteroatoms. The Balaban J connectivity index is 2.09. The topological polar surface area (TPSA) is 49.4 Å². The average molecular weight is 286 g/mol. The third kappa shape index (κ3) is 2.43. The van der Waals surface area contributed by atoms with Gasteiger partial charge >= 0.3 is 0 Å². The second-order valence-electron chi connectivity index (χ2n) is 5.98. The lowest BCUT2D eigenvalue weighted by atomic mass is 10.0. The number of hydrogen-bond acceptors (Lipinski definition) is 2. The van der Waals surface area contributed by atoms with Gasteiger partial charge in [-0.25, -0.2) is 0 Å². The van der Waals surface area contributed by atoms with Crippen molar-refractivity contribution in [3.05, 3.63) is 29.8 Å². The number of amides is 2. The highest BCUT2D eigenvalue weighted by atomic mass is 16.2. The van der Waals surface area contributed by atoms with E-state index in [1.54, 1.807) is 0 Å². The lowest BCUT2D eigenvalue weighted by Gasteiger charge is -2.32. The fourth-order valence-electron chi connectivity index (χ4n) is 3.20. The number of para-hydroxylation sites is 1. The van der Waals surface area contributed by atoms with Crippen LogP contribution in [0, 0.1) is 5.92 Å². The van der Waals surface area contributed by atoms with Crippen LogP contribution in [0.5, 0.6) is 0 Å². The Labute approximate surface area is 125 Å². The maximum absolute atomic E-state index is 13.0. The number of carbonyl (C=O) groups is 2. The highest BCUT2D eigenvalue weighted by Gasteiger charge is 2.43. The summed E-state index contributed by atoms with van der Waals surface area (Å²) in [4.78, 5) is 27.3. The van der Waals surface area contributed by atoms with Crippen LogP contribution in [0.25, 0.3) is 0 Å². The van der Waals surface area contributed by atoms with E-state index in [4.69, 9.17) is 0 Å². The summed E-state index contributed by atoms with van der Waals surface area (Å²) in [6.07, 6.45) is 3.85. The molecule has 1 aromatic carbocycles. The number of anilines is 1. The SMILES string of the molecule is CCC(CC)N1C(=O)C(C2CC2)NC(=O)c2ccccc21. The predicted octanol–water partition coefficient (Wildman–Crippen LogP) is 2.73. The molecule has 1 unspecified atom stereocenters. The molecule has 0 spiro atoms. The smallest absolute Gasteiger partial charge is 0.254 e. The molecule has 1 fully saturated rings. The van der Waals surface area contributed by atoms with Crippen LogP contribution in [0.3, 0.4) is 0 Å². The van der Waals surface area contributed by atoms with Gasteiger partial charge < -0.3 is 10.2 Å². The zero-order valence-corrected chi connectivity index (χ0v) is 12.6. The largest absolute Gasteiger partial charge is 0.340 e. The minimum absolute atomic E-state index is 0.0597. The van der Waals surface area contributed by atoms with E-state index in [1.165, 1.54) is 0 Å². The molecule has 2 amide bonds. The summed E-state index contributed by atoms with van der Waals surface area (Å²) in [6, 6.07) is 7.24. The van der Waals surface area contributed by atoms with Gasteiger partial charge in [0.25, 0.3) is 5.91 Å². The van der Waals surface area contributed by atoms with Gasteiger partial charge in [0, 0.05) is 6.04 Å². The highest BCUT2D eigenvalue weighted by Crippen LogP contribution is 2.37. The molecule has 4 nitrogen and oxygen atoms in total. The maximum atomic E-state index is 13.0. The van der Waals surface area contributed by atoms with Crippen LogP contribution in [0.1, 0.15) is 49.9 Å². The normalized spacial score (nSPS) is 22.0. The first-order valence-electron chi connectivity index (χ1n) is 7.90. The molecular weight excluding hydrogens is 264 g/mol. The molecule has 0 bridgehead atoms. The molecule has 1 aromatic rings. The number of hydrogen-bond donors (Lipinski definition) is 1. The summed E-state index contributed by atoms with van der Waals surface area (Å²) < 4.78 is 0. The molecule has 1 heterocycles. The Morgan fingerprint density at radius 3 is 2.48 bits per heavy atom. The molecule has 1 aliphatic heterocycles. The summed E-state index contributed by atoms with van der Waals surface area (Å²) >= 11 is 0. The minimum Gasteiger partial charge on any atom is -0.340 e. The fraction of sp³-hybridized carbons (Fsp3) is 0.529. The Kier molecular flexibility index (Phi) is 3.70. The van der Waals surface area contributed by atoms with Gasteiger partial charge in [-0.2, -0.15) is 0 Å². The molecule has 1 saturated carbocycles. The van der Waals surface area contributed by atoms with Gasteiger partial charge in [0.05, 0.1) is 11.3 Å². The molecule has 0 saturated heterocycles. The van der Waals surface area contributed by atoms with Crippen molar-refractivity contribution in [3.8, 4) is 0 Å². The van der Waals surface area contributed by atoms with Crippen molar-refractivity contribution in [1.29, 1.82) is 0 Å². The minimum atomic E-state index is -0.356. The molecule has 1 N–H and O–H groups in total. The van der Waals surface area contributed by atoms with Crippen molar-refractivity contribution < 1.29 is 9.59 Å². The lowest BCUT2D eigenvalue weighted by Crippen LogP contribution is -2.50. The van der Waals surface area contributed by atoms with Gasteiger partial charge in [0.2, 0.25) is 5.91 Å². The number of nitrogens with one attached hydrogen (secondary N) is 1. The molecule has 21 heavy (non-hydrogen) atoms. The Bertz CT molecular complexity index is 562. The summed E-state index contributed by atoms with van der Waals surface area (Å²) in [5.74, 6) is 0.251. The third-order valence-electron chi connectivity index (χ3n) is 4.60. The second kappa shape index (κ2) is 5.51. The van der Waals surface area contributed by atoms with Crippen LogP contribution in [0.15, 0.2) is 24.3 Å². The molecule has 0 aromatic heterocycles. The van der Waals surface area contributed by atoms with Crippen LogP contribution in [0.2, 0.25) is 0 Å². The van der Waals surface area contributed by atoms with E-state index in [1.807, 2.05) is 29.2 Å². The van der Waals surface area contributed by atoms with E-state index in [2.05, 4.69) is 19.2 Å². The second-order valence-corrected chi connectivity index (χ2v) is 5.98. The Hall–Kier alpha value is -1.84. The van der Waals surface area contributed by atoms with Crippen molar-refractivity contribution in [2.24, 2.45) is 5.92 Å². The predicted molar refractivity (Wildman–Crippen MR) is 82.3 cm³/mol. The summed E-state index contributed by atoms with van der Waals surface area (Å²) in [5, 5.41) is 2.95. The molecule has 2 aliphatic rings. The van der Waals surface area contributed by atoms with E-state index in [0.29, 0.717) is 11.5 Å². The third-order valence-corrected chi connectivity index (χ3v) is 4.60. The van der Waals surface area contributed by atoms with Gasteiger partial charge in [-0.1, -0.05) is 26.0 Å². The van der Waals surface area contributed by atoms with Gasteiger partial charge in [-0.05, 0) is 43.7 Å². The van der Waals surface area contributed by atoms with E-state index in [0.717, 1.165) is 31.4 Å². The monoisotopic (exact) mass is 286 g/mol. The first kappa shape index (κ1) is 14.1. The molecule has 112 valence electrons. The quantitative estimate of drug-likeness (QED) is 0.925. The van der Waals surface area contributed by atoms with E-state index in [-0.39, 0.29) is 23.9 Å². The van der Waals surface area contributed by atoms with Crippen LogP contribution in [-0.4, -0.2) is 23.9 Å². The summed E-state index contributed by atoms with van der Waals surface area (Å²) in [6.45, 7) is 4.19. The van der Waals surface area contributed by atoms with Crippen molar-refractivity contribution in [3.63, 3.8) is 0 Å². The van der Waals surface area contributed by atoms with Crippen LogP contribution < -0.4 is 10.2 Å². The first-order chi connectivity index (χ1) is 10.2. The maximum Gasteiger partial charge on any atom is 0.254 e. The zero-order valence-electron chi connectivity index (χ0n) is 12.6. The van der Waals surface area contributed by atoms with Crippen LogP contribution in [0.4, 0.5) is 5.69 Å². The van der Waals surface area contributed by atoms with Gasteiger partial charge in [0.15, 0.2) is 0 Å². The summed E-state index contributed by atoms with van der Waals surface area (Å²) in [7, 11) is 0. The molecule has 1 atom stereocenters. The standard InChI is InChI=1S/C17H22N2O2/c1-3-12(4-2)19-14-8-6-5-7-13(14)16(20)18-15(17(19)21)11-9-10-11/h5-8,11-12,15H,3-4,9-10H2,1-2H3,(H,18,20). The Morgan fingerprint density at radius 1 is 1.19 bits per heavy atom. The Morgan fingerprint density at radius 2 is 1.86 bits per heavy atom. The van der Waals surface area contributed by atoms with Crippen LogP contribution in [-0.2, 0) is 4.79 Å². The number of benzene rings is 1. The van der Waals surface area contributed by atoms with Crippen molar-refractivity contribution in [2.75, 3.05) is 4.90 Å². The number of nitrogens with zero attached hydrogens (tertiary/aromatic N) is 1. The number of fused-ring (bicyclic) bond motifs is 1. The van der Waals surface area contributed by atoms with Crippen molar-refractivity contribution in [2.45, 2.75) is 51.6 Å². The van der Waals surface area contributed by atoms with Crippen molar-refractivity contribution >= 4 is 17.5 Å². The fourth-order valence-corrected chi connectivity index (χ4v) is 3.20. The average Bonchev–Trinajstić information content (AvgIpc) is 3.33. The molecule has 3 rings (SSSR count). The van der Waals surface area contributed by atoms with Crippen molar-refractivity contribution in [1.82, 2.24) is 5.32 Å².